The molecule has 2 N–H and O–H groups in total. The molecule has 0 radical (unpaired) electrons. The zero-order chi connectivity index (χ0) is 19.2. The van der Waals surface area contributed by atoms with Crippen LogP contribution >= 0.6 is 0 Å². The van der Waals surface area contributed by atoms with Crippen molar-refractivity contribution in [2.24, 2.45) is 11.8 Å². The van der Waals surface area contributed by atoms with E-state index in [1.54, 1.807) is 12.1 Å². The van der Waals surface area contributed by atoms with E-state index < -0.39 is 0 Å². The lowest BCUT2D eigenvalue weighted by Crippen LogP contribution is -2.32. The minimum atomic E-state index is -0.252. The van der Waals surface area contributed by atoms with Gasteiger partial charge < -0.3 is 15.5 Å². The predicted octanol–water partition coefficient (Wildman–Crippen LogP) is 4.03. The zero-order valence-electron chi connectivity index (χ0n) is 16.4. The molecule has 1 aromatic carbocycles. The average Bonchev–Trinajstić information content (AvgIpc) is 2.68. The van der Waals surface area contributed by atoms with E-state index in [2.05, 4.69) is 58.6 Å². The number of carbonyl (C=O) groups is 1. The van der Waals surface area contributed by atoms with Gasteiger partial charge in [-0.1, -0.05) is 20.8 Å². The van der Waals surface area contributed by atoms with Crippen LogP contribution in [-0.2, 0) is 0 Å². The fourth-order valence-corrected chi connectivity index (χ4v) is 3.07. The van der Waals surface area contributed by atoms with Gasteiger partial charge in [0.1, 0.15) is 5.82 Å². The van der Waals surface area contributed by atoms with Gasteiger partial charge in [-0.15, -0.1) is 10.2 Å². The first-order valence-electron chi connectivity index (χ1n) is 9.75. The average molecular weight is 367 g/mol. The van der Waals surface area contributed by atoms with Crippen LogP contribution in [0.4, 0.5) is 17.2 Å². The summed E-state index contributed by atoms with van der Waals surface area (Å²) in [7, 11) is 0. The van der Waals surface area contributed by atoms with Crippen molar-refractivity contribution in [1.29, 1.82) is 0 Å². The van der Waals surface area contributed by atoms with Gasteiger partial charge in [-0.05, 0) is 61.1 Å². The lowest BCUT2D eigenvalue weighted by Gasteiger charge is -2.32. The monoisotopic (exact) mass is 367 g/mol. The van der Waals surface area contributed by atoms with Gasteiger partial charge in [0.2, 0.25) is 0 Å². The molecule has 0 spiro atoms. The summed E-state index contributed by atoms with van der Waals surface area (Å²) < 4.78 is 0. The number of nitrogens with zero attached hydrogens (tertiary/aromatic N) is 3. The van der Waals surface area contributed by atoms with Crippen molar-refractivity contribution in [3.05, 3.63) is 42.1 Å². The summed E-state index contributed by atoms with van der Waals surface area (Å²) in [5.74, 6) is 1.76. The standard InChI is InChI=1S/C21H29N5O/c1-15(2)14-22-20-9-8-19(24-25-20)21(27)23-17-4-6-18(7-5-17)26-12-10-16(3)11-13-26/h4-9,15-16H,10-14H2,1-3H3,(H,22,25)(H,23,27). The Morgan fingerprint density at radius 1 is 1.11 bits per heavy atom. The minimum Gasteiger partial charge on any atom is -0.372 e. The molecule has 1 aliphatic heterocycles. The third-order valence-electron chi connectivity index (χ3n) is 4.86. The van der Waals surface area contributed by atoms with Crippen LogP contribution in [0.5, 0.6) is 0 Å². The van der Waals surface area contributed by atoms with Gasteiger partial charge in [0.25, 0.3) is 5.91 Å². The molecule has 0 unspecified atom stereocenters. The highest BCUT2D eigenvalue weighted by Crippen LogP contribution is 2.24. The summed E-state index contributed by atoms with van der Waals surface area (Å²) in [5, 5.41) is 14.2. The Hall–Kier alpha value is -2.63. The molecule has 2 aromatic rings. The van der Waals surface area contributed by atoms with E-state index >= 15 is 0 Å². The number of aromatic nitrogens is 2. The highest BCUT2D eigenvalue weighted by molar-refractivity contribution is 6.02. The first-order valence-corrected chi connectivity index (χ1v) is 9.75. The number of amides is 1. The molecule has 0 atom stereocenters. The molecule has 6 nitrogen and oxygen atoms in total. The summed E-state index contributed by atoms with van der Waals surface area (Å²) in [4.78, 5) is 14.8. The molecule has 0 bridgehead atoms. The van der Waals surface area contributed by atoms with E-state index in [-0.39, 0.29) is 5.91 Å². The fourth-order valence-electron chi connectivity index (χ4n) is 3.07. The SMILES string of the molecule is CC(C)CNc1ccc(C(=O)Nc2ccc(N3CCC(C)CC3)cc2)nn1. The molecule has 1 aliphatic rings. The normalized spacial score (nSPS) is 15.0. The van der Waals surface area contributed by atoms with Crippen molar-refractivity contribution in [2.45, 2.75) is 33.6 Å². The lowest BCUT2D eigenvalue weighted by atomic mass is 9.99. The predicted molar refractivity (Wildman–Crippen MR) is 110 cm³/mol. The van der Waals surface area contributed by atoms with E-state index in [1.807, 2.05) is 12.1 Å². The number of benzene rings is 1. The van der Waals surface area contributed by atoms with Gasteiger partial charge in [0.05, 0.1) is 0 Å². The van der Waals surface area contributed by atoms with E-state index in [0.717, 1.165) is 31.2 Å². The topological polar surface area (TPSA) is 70.2 Å². The minimum absolute atomic E-state index is 0.252. The van der Waals surface area contributed by atoms with Crippen molar-refractivity contribution in [1.82, 2.24) is 10.2 Å². The Morgan fingerprint density at radius 3 is 2.41 bits per heavy atom. The summed E-state index contributed by atoms with van der Waals surface area (Å²) in [6, 6.07) is 11.5. The van der Waals surface area contributed by atoms with Crippen molar-refractivity contribution < 1.29 is 4.79 Å². The fraction of sp³-hybridized carbons (Fsp3) is 0.476. The van der Waals surface area contributed by atoms with Crippen LogP contribution in [0.25, 0.3) is 0 Å². The molecule has 0 saturated carbocycles. The molecule has 1 aromatic heterocycles. The van der Waals surface area contributed by atoms with Gasteiger partial charge in [0, 0.05) is 31.0 Å². The van der Waals surface area contributed by atoms with Gasteiger partial charge in [-0.2, -0.15) is 0 Å². The second-order valence-corrected chi connectivity index (χ2v) is 7.75. The van der Waals surface area contributed by atoms with E-state index in [1.165, 1.54) is 18.5 Å². The maximum Gasteiger partial charge on any atom is 0.276 e. The molecule has 3 rings (SSSR count). The summed E-state index contributed by atoms with van der Waals surface area (Å²) in [6.45, 7) is 9.58. The van der Waals surface area contributed by atoms with Gasteiger partial charge >= 0.3 is 0 Å². The molecule has 6 heteroatoms. The summed E-state index contributed by atoms with van der Waals surface area (Å²) in [5.41, 5.74) is 2.28. The zero-order valence-corrected chi connectivity index (χ0v) is 16.4. The van der Waals surface area contributed by atoms with Crippen LogP contribution in [0.2, 0.25) is 0 Å². The number of rotatable bonds is 6. The number of carbonyl (C=O) groups excluding carboxylic acids is 1. The largest absolute Gasteiger partial charge is 0.372 e. The van der Waals surface area contributed by atoms with E-state index in [4.69, 9.17) is 0 Å². The number of hydrogen-bond acceptors (Lipinski definition) is 5. The molecule has 27 heavy (non-hydrogen) atoms. The number of hydrogen-bond donors (Lipinski definition) is 2. The molecule has 2 heterocycles. The van der Waals surface area contributed by atoms with Gasteiger partial charge in [-0.3, -0.25) is 4.79 Å². The Labute approximate surface area is 161 Å². The van der Waals surface area contributed by atoms with Crippen LogP contribution in [0.1, 0.15) is 44.1 Å². The van der Waals surface area contributed by atoms with Crippen LogP contribution in [0.3, 0.4) is 0 Å². The maximum absolute atomic E-state index is 12.4. The smallest absolute Gasteiger partial charge is 0.276 e. The third-order valence-corrected chi connectivity index (χ3v) is 4.86. The highest BCUT2D eigenvalue weighted by atomic mass is 16.1. The maximum atomic E-state index is 12.4. The highest BCUT2D eigenvalue weighted by Gasteiger charge is 2.16. The Bertz CT molecular complexity index is 734. The molecular formula is C21H29N5O. The molecule has 1 amide bonds. The first-order chi connectivity index (χ1) is 13.0. The van der Waals surface area contributed by atoms with Crippen molar-refractivity contribution in [3.63, 3.8) is 0 Å². The van der Waals surface area contributed by atoms with Crippen LogP contribution in [0.15, 0.2) is 36.4 Å². The molecule has 0 aliphatic carbocycles. The van der Waals surface area contributed by atoms with Gasteiger partial charge in [0.15, 0.2) is 5.69 Å². The second-order valence-electron chi connectivity index (χ2n) is 7.75. The van der Waals surface area contributed by atoms with E-state index in [0.29, 0.717) is 17.4 Å². The Kier molecular flexibility index (Phi) is 6.27. The summed E-state index contributed by atoms with van der Waals surface area (Å²) >= 11 is 0. The van der Waals surface area contributed by atoms with Crippen molar-refractivity contribution in [2.75, 3.05) is 35.2 Å². The molecular weight excluding hydrogens is 338 g/mol. The summed E-state index contributed by atoms with van der Waals surface area (Å²) in [6.07, 6.45) is 2.47. The number of piperidine rings is 1. The lowest BCUT2D eigenvalue weighted by molar-refractivity contribution is 0.102. The van der Waals surface area contributed by atoms with Crippen molar-refractivity contribution >= 4 is 23.1 Å². The quantitative estimate of drug-likeness (QED) is 0.806. The first kappa shape index (κ1) is 19.1. The van der Waals surface area contributed by atoms with Gasteiger partial charge in [-0.25, -0.2) is 0 Å². The Balaban J connectivity index is 1.56. The van der Waals surface area contributed by atoms with Crippen LogP contribution in [-0.4, -0.2) is 35.7 Å². The Morgan fingerprint density at radius 2 is 1.81 bits per heavy atom. The third kappa shape index (κ3) is 5.42. The molecule has 1 saturated heterocycles. The molecule has 144 valence electrons. The molecule has 1 fully saturated rings. The van der Waals surface area contributed by atoms with Crippen LogP contribution in [0, 0.1) is 11.8 Å². The number of nitrogens with one attached hydrogen (secondary N) is 2. The van der Waals surface area contributed by atoms with Crippen molar-refractivity contribution in [3.8, 4) is 0 Å². The van der Waals surface area contributed by atoms with E-state index in [9.17, 15) is 4.79 Å². The second kappa shape index (κ2) is 8.84. The number of anilines is 3. The van der Waals surface area contributed by atoms with Crippen LogP contribution < -0.4 is 15.5 Å².